The molecule has 0 spiro atoms. The molecule has 1 aromatic carbocycles. The molecule has 0 atom stereocenters. The number of sulfonamides is 1. The molecule has 92 valence electrons. The zero-order valence-electron chi connectivity index (χ0n) is 9.22. The van der Waals surface area contributed by atoms with Gasteiger partial charge in [0.1, 0.15) is 4.90 Å². The summed E-state index contributed by atoms with van der Waals surface area (Å²) in [5.74, 6) is 0. The van der Waals surface area contributed by atoms with Gasteiger partial charge in [0, 0.05) is 24.5 Å². The summed E-state index contributed by atoms with van der Waals surface area (Å²) in [5.41, 5.74) is 5.86. The van der Waals surface area contributed by atoms with E-state index < -0.39 is 10.0 Å². The number of halogens is 1. The van der Waals surface area contributed by atoms with Crippen molar-refractivity contribution < 1.29 is 8.42 Å². The van der Waals surface area contributed by atoms with Gasteiger partial charge in [-0.25, -0.2) is 8.42 Å². The maximum absolute atomic E-state index is 12.1. The number of nitrogens with two attached hydrogens (primary N) is 1. The molecule has 0 amide bonds. The van der Waals surface area contributed by atoms with Crippen molar-refractivity contribution in [3.8, 4) is 6.07 Å². The van der Waals surface area contributed by atoms with Gasteiger partial charge in [0.25, 0.3) is 0 Å². The second kappa shape index (κ2) is 5.49. The van der Waals surface area contributed by atoms with E-state index in [0.29, 0.717) is 4.47 Å². The molecule has 0 radical (unpaired) electrons. The highest BCUT2D eigenvalue weighted by Crippen LogP contribution is 2.25. The molecular formula is C10H12BrN3O2S. The minimum absolute atomic E-state index is 0.0566. The first-order valence-electron chi connectivity index (χ1n) is 4.78. The Hall–Kier alpha value is -1.10. The molecule has 0 heterocycles. The SMILES string of the molecule is CN(CCC#N)S(=O)(=O)c1ccc(Br)cc1N. The Morgan fingerprint density at radius 2 is 2.18 bits per heavy atom. The first kappa shape index (κ1) is 14.0. The second-order valence-electron chi connectivity index (χ2n) is 3.42. The van der Waals surface area contributed by atoms with Gasteiger partial charge in [0.15, 0.2) is 0 Å². The topological polar surface area (TPSA) is 87.2 Å². The normalized spacial score (nSPS) is 11.4. The third-order valence-electron chi connectivity index (χ3n) is 2.20. The highest BCUT2D eigenvalue weighted by molar-refractivity contribution is 9.10. The minimum atomic E-state index is -3.62. The molecule has 1 rings (SSSR count). The Bertz CT molecular complexity index is 551. The van der Waals surface area contributed by atoms with Gasteiger partial charge in [0.05, 0.1) is 11.8 Å². The average molecular weight is 318 g/mol. The molecule has 0 unspecified atom stereocenters. The maximum Gasteiger partial charge on any atom is 0.244 e. The van der Waals surface area contributed by atoms with E-state index in [4.69, 9.17) is 11.0 Å². The average Bonchev–Trinajstić information content (AvgIpc) is 2.25. The van der Waals surface area contributed by atoms with Crippen molar-refractivity contribution in [3.05, 3.63) is 22.7 Å². The van der Waals surface area contributed by atoms with Gasteiger partial charge in [-0.1, -0.05) is 15.9 Å². The van der Waals surface area contributed by atoms with E-state index in [1.54, 1.807) is 6.07 Å². The fourth-order valence-electron chi connectivity index (χ4n) is 1.25. The Morgan fingerprint density at radius 1 is 1.53 bits per heavy atom. The minimum Gasteiger partial charge on any atom is -0.398 e. The third-order valence-corrected chi connectivity index (χ3v) is 4.62. The van der Waals surface area contributed by atoms with Gasteiger partial charge >= 0.3 is 0 Å². The van der Waals surface area contributed by atoms with Crippen LogP contribution < -0.4 is 5.73 Å². The second-order valence-corrected chi connectivity index (χ2v) is 6.35. The third kappa shape index (κ3) is 3.19. The molecule has 17 heavy (non-hydrogen) atoms. The molecular weight excluding hydrogens is 306 g/mol. The van der Waals surface area contributed by atoms with Gasteiger partial charge in [0.2, 0.25) is 10.0 Å². The van der Waals surface area contributed by atoms with Gasteiger partial charge in [-0.05, 0) is 18.2 Å². The number of anilines is 1. The fourth-order valence-corrected chi connectivity index (χ4v) is 2.89. The molecule has 0 saturated carbocycles. The summed E-state index contributed by atoms with van der Waals surface area (Å²) in [4.78, 5) is 0.0566. The zero-order chi connectivity index (χ0) is 13.1. The van der Waals surface area contributed by atoms with Crippen LogP contribution in [-0.4, -0.2) is 26.3 Å². The van der Waals surface area contributed by atoms with E-state index in [9.17, 15) is 8.42 Å². The number of nitrogen functional groups attached to an aromatic ring is 1. The first-order valence-corrected chi connectivity index (χ1v) is 7.01. The molecule has 5 nitrogen and oxygen atoms in total. The quantitative estimate of drug-likeness (QED) is 0.854. The van der Waals surface area contributed by atoms with Crippen molar-refractivity contribution in [3.63, 3.8) is 0 Å². The highest BCUT2D eigenvalue weighted by Gasteiger charge is 2.22. The number of rotatable bonds is 4. The van der Waals surface area contributed by atoms with Crippen molar-refractivity contribution >= 4 is 31.6 Å². The van der Waals surface area contributed by atoms with Gasteiger partial charge in [-0.2, -0.15) is 9.57 Å². The van der Waals surface area contributed by atoms with Gasteiger partial charge in [-0.15, -0.1) is 0 Å². The van der Waals surface area contributed by atoms with Crippen LogP contribution >= 0.6 is 15.9 Å². The molecule has 0 aliphatic heterocycles. The van der Waals surface area contributed by atoms with Crippen molar-refractivity contribution in [2.45, 2.75) is 11.3 Å². The van der Waals surface area contributed by atoms with Crippen molar-refractivity contribution in [2.75, 3.05) is 19.3 Å². The lowest BCUT2D eigenvalue weighted by atomic mass is 10.3. The smallest absolute Gasteiger partial charge is 0.244 e. The number of hydrogen-bond donors (Lipinski definition) is 1. The summed E-state index contributed by atoms with van der Waals surface area (Å²) >= 11 is 3.21. The van der Waals surface area contributed by atoms with Crippen LogP contribution in [0.25, 0.3) is 0 Å². The summed E-state index contributed by atoms with van der Waals surface area (Å²) in [7, 11) is -2.20. The molecule has 7 heteroatoms. The van der Waals surface area contributed by atoms with Crippen LogP contribution in [-0.2, 0) is 10.0 Å². The summed E-state index contributed by atoms with van der Waals surface area (Å²) in [5, 5.41) is 8.44. The highest BCUT2D eigenvalue weighted by atomic mass is 79.9. The standard InChI is InChI=1S/C10H12BrN3O2S/c1-14(6-2-5-12)17(15,16)10-4-3-8(11)7-9(10)13/h3-4,7H,2,6,13H2,1H3. The van der Waals surface area contributed by atoms with Crippen LogP contribution in [0.4, 0.5) is 5.69 Å². The predicted molar refractivity (Wildman–Crippen MR) is 68.6 cm³/mol. The summed E-state index contributed by atoms with van der Waals surface area (Å²) in [6.07, 6.45) is 0.145. The number of nitriles is 1. The lowest BCUT2D eigenvalue weighted by Gasteiger charge is -2.17. The van der Waals surface area contributed by atoms with E-state index >= 15 is 0 Å². The van der Waals surface area contributed by atoms with Crippen LogP contribution in [0, 0.1) is 11.3 Å². The van der Waals surface area contributed by atoms with Gasteiger partial charge in [-0.3, -0.25) is 0 Å². The van der Waals surface area contributed by atoms with Crippen molar-refractivity contribution in [1.29, 1.82) is 5.26 Å². The lowest BCUT2D eigenvalue weighted by molar-refractivity contribution is 0.477. The van der Waals surface area contributed by atoms with Crippen LogP contribution in [0.15, 0.2) is 27.6 Å². The van der Waals surface area contributed by atoms with Crippen molar-refractivity contribution in [1.82, 2.24) is 4.31 Å². The molecule has 0 bridgehead atoms. The lowest BCUT2D eigenvalue weighted by Crippen LogP contribution is -2.28. The molecule has 0 aromatic heterocycles. The Kier molecular flexibility index (Phi) is 4.51. The maximum atomic E-state index is 12.1. The molecule has 0 aliphatic rings. The molecule has 1 aromatic rings. The number of nitrogens with zero attached hydrogens (tertiary/aromatic N) is 2. The Labute approximate surface area is 109 Å². The van der Waals surface area contributed by atoms with Crippen LogP contribution in [0.1, 0.15) is 6.42 Å². The predicted octanol–water partition coefficient (Wildman–Crippen LogP) is 1.57. The molecule has 2 N–H and O–H groups in total. The molecule has 0 fully saturated rings. The number of benzene rings is 1. The number of hydrogen-bond acceptors (Lipinski definition) is 4. The zero-order valence-corrected chi connectivity index (χ0v) is 11.6. The first-order chi connectivity index (χ1) is 7.89. The van der Waals surface area contributed by atoms with E-state index in [1.807, 2.05) is 6.07 Å². The monoisotopic (exact) mass is 317 g/mol. The largest absolute Gasteiger partial charge is 0.398 e. The van der Waals surface area contributed by atoms with E-state index in [-0.39, 0.29) is 23.5 Å². The van der Waals surface area contributed by atoms with Gasteiger partial charge < -0.3 is 5.73 Å². The van der Waals surface area contributed by atoms with Crippen LogP contribution in [0.5, 0.6) is 0 Å². The molecule has 0 aliphatic carbocycles. The fraction of sp³-hybridized carbons (Fsp3) is 0.300. The Balaban J connectivity index is 3.09. The van der Waals surface area contributed by atoms with Crippen LogP contribution in [0.3, 0.4) is 0 Å². The summed E-state index contributed by atoms with van der Waals surface area (Å²) in [6, 6.07) is 6.49. The van der Waals surface area contributed by atoms with Crippen LogP contribution in [0.2, 0.25) is 0 Å². The van der Waals surface area contributed by atoms with E-state index in [0.717, 1.165) is 4.31 Å². The van der Waals surface area contributed by atoms with E-state index in [1.165, 1.54) is 19.2 Å². The summed E-state index contributed by atoms with van der Waals surface area (Å²) in [6.45, 7) is 0.147. The Morgan fingerprint density at radius 3 is 2.71 bits per heavy atom. The molecule has 0 saturated heterocycles. The van der Waals surface area contributed by atoms with Crippen molar-refractivity contribution in [2.24, 2.45) is 0 Å². The van der Waals surface area contributed by atoms with E-state index in [2.05, 4.69) is 15.9 Å². The summed E-state index contributed by atoms with van der Waals surface area (Å²) < 4.78 is 26.0.